The number of aryl methyl sites for hydroxylation is 1. The molecule has 1 N–H and O–H groups in total. The van der Waals surface area contributed by atoms with Crippen molar-refractivity contribution in [3.05, 3.63) is 78.0 Å². The highest BCUT2D eigenvalue weighted by atomic mass is 32.2. The summed E-state index contributed by atoms with van der Waals surface area (Å²) in [6.07, 6.45) is 2.57. The van der Waals surface area contributed by atoms with Crippen molar-refractivity contribution >= 4 is 27.5 Å². The maximum Gasteiger partial charge on any atom is 0.255 e. The van der Waals surface area contributed by atoms with E-state index >= 15 is 0 Å². The summed E-state index contributed by atoms with van der Waals surface area (Å²) in [5.74, 6) is -0.394. The molecule has 35 heavy (non-hydrogen) atoms. The number of nitrogens with zero attached hydrogens (tertiary/aromatic N) is 3. The van der Waals surface area contributed by atoms with Gasteiger partial charge in [0.2, 0.25) is 15.9 Å². The van der Waals surface area contributed by atoms with Gasteiger partial charge in [-0.15, -0.1) is 0 Å². The standard InChI is InChI=1S/C26H28N4O4S/c1-3-20-7-10-22(18-24(20)25-6-4-5-13-27-25)28-26(32)21-8-11-23(12-9-21)35(33,34)30-16-14-29(15-17-30)19(2)31/h4-13,18H,3,14-17H2,1-2H3,(H,28,32). The van der Waals surface area contributed by atoms with Crippen LogP contribution in [0.15, 0.2) is 71.8 Å². The molecule has 0 aliphatic carbocycles. The van der Waals surface area contributed by atoms with Crippen LogP contribution in [-0.2, 0) is 21.2 Å². The van der Waals surface area contributed by atoms with Crippen molar-refractivity contribution in [3.8, 4) is 11.3 Å². The quantitative estimate of drug-likeness (QED) is 0.568. The van der Waals surface area contributed by atoms with Gasteiger partial charge in [-0.05, 0) is 60.5 Å². The normalized spacial score (nSPS) is 14.5. The molecule has 2 aromatic carbocycles. The molecule has 2 heterocycles. The largest absolute Gasteiger partial charge is 0.340 e. The number of benzene rings is 2. The van der Waals surface area contributed by atoms with Gasteiger partial charge in [0.25, 0.3) is 5.91 Å². The predicted molar refractivity (Wildman–Crippen MR) is 134 cm³/mol. The number of carbonyl (C=O) groups excluding carboxylic acids is 2. The highest BCUT2D eigenvalue weighted by molar-refractivity contribution is 7.89. The van der Waals surface area contributed by atoms with Crippen molar-refractivity contribution in [2.45, 2.75) is 25.2 Å². The molecule has 0 saturated carbocycles. The Morgan fingerprint density at radius 3 is 2.29 bits per heavy atom. The van der Waals surface area contributed by atoms with Crippen LogP contribution in [0.5, 0.6) is 0 Å². The summed E-state index contributed by atoms with van der Waals surface area (Å²) in [5, 5.41) is 2.89. The van der Waals surface area contributed by atoms with Crippen LogP contribution in [0.4, 0.5) is 5.69 Å². The zero-order valence-electron chi connectivity index (χ0n) is 19.8. The first-order valence-electron chi connectivity index (χ1n) is 11.5. The molecule has 1 fully saturated rings. The van der Waals surface area contributed by atoms with Gasteiger partial charge in [0.15, 0.2) is 0 Å². The van der Waals surface area contributed by atoms with Gasteiger partial charge in [0, 0.05) is 56.1 Å². The van der Waals surface area contributed by atoms with Gasteiger partial charge in [0.1, 0.15) is 0 Å². The molecule has 4 rings (SSSR count). The summed E-state index contributed by atoms with van der Waals surface area (Å²) in [6.45, 7) is 4.77. The van der Waals surface area contributed by atoms with Gasteiger partial charge in [-0.25, -0.2) is 8.42 Å². The summed E-state index contributed by atoms with van der Waals surface area (Å²) in [5.41, 5.74) is 3.90. The minimum absolute atomic E-state index is 0.0612. The molecule has 0 spiro atoms. The third kappa shape index (κ3) is 5.41. The number of anilines is 1. The molecule has 0 atom stereocenters. The van der Waals surface area contributed by atoms with Gasteiger partial charge >= 0.3 is 0 Å². The lowest BCUT2D eigenvalue weighted by atomic mass is 10.0. The fourth-order valence-corrected chi connectivity index (χ4v) is 5.52. The van der Waals surface area contributed by atoms with Crippen LogP contribution in [0.3, 0.4) is 0 Å². The second kappa shape index (κ2) is 10.4. The number of sulfonamides is 1. The Bertz CT molecular complexity index is 1320. The Morgan fingerprint density at radius 1 is 0.971 bits per heavy atom. The molecule has 8 nitrogen and oxygen atoms in total. The van der Waals surface area contributed by atoms with E-state index in [0.717, 1.165) is 23.2 Å². The van der Waals surface area contributed by atoms with Gasteiger partial charge in [0.05, 0.1) is 10.6 Å². The van der Waals surface area contributed by atoms with Crippen molar-refractivity contribution < 1.29 is 18.0 Å². The van der Waals surface area contributed by atoms with Crippen LogP contribution in [-0.4, -0.2) is 60.6 Å². The third-order valence-corrected chi connectivity index (χ3v) is 8.04. The minimum atomic E-state index is -3.70. The van der Waals surface area contributed by atoms with Crippen LogP contribution < -0.4 is 5.32 Å². The van der Waals surface area contributed by atoms with Crippen molar-refractivity contribution in [3.63, 3.8) is 0 Å². The van der Waals surface area contributed by atoms with Gasteiger partial charge in [-0.3, -0.25) is 14.6 Å². The highest BCUT2D eigenvalue weighted by Gasteiger charge is 2.29. The lowest BCUT2D eigenvalue weighted by molar-refractivity contribution is -0.129. The van der Waals surface area contributed by atoms with E-state index in [2.05, 4.69) is 17.2 Å². The molecular weight excluding hydrogens is 464 g/mol. The fraction of sp³-hybridized carbons (Fsp3) is 0.269. The van der Waals surface area contributed by atoms with E-state index in [1.54, 1.807) is 11.1 Å². The first-order valence-corrected chi connectivity index (χ1v) is 12.9. The Balaban J connectivity index is 1.48. The minimum Gasteiger partial charge on any atom is -0.340 e. The van der Waals surface area contributed by atoms with Crippen LogP contribution in [0.25, 0.3) is 11.3 Å². The highest BCUT2D eigenvalue weighted by Crippen LogP contribution is 2.26. The molecule has 0 radical (unpaired) electrons. The Kier molecular flexibility index (Phi) is 7.28. The molecule has 0 bridgehead atoms. The topological polar surface area (TPSA) is 99.7 Å². The van der Waals surface area contributed by atoms with Gasteiger partial charge in [-0.1, -0.05) is 19.1 Å². The number of hydrogen-bond acceptors (Lipinski definition) is 5. The van der Waals surface area contributed by atoms with E-state index in [0.29, 0.717) is 24.3 Å². The molecule has 3 aromatic rings. The maximum atomic E-state index is 13.0. The van der Waals surface area contributed by atoms with Crippen LogP contribution in [0.1, 0.15) is 29.8 Å². The molecule has 9 heteroatoms. The molecule has 1 aliphatic rings. The summed E-state index contributed by atoms with van der Waals surface area (Å²) in [7, 11) is -3.70. The number of pyridine rings is 1. The van der Waals surface area contributed by atoms with Crippen LogP contribution in [0.2, 0.25) is 0 Å². The number of nitrogens with one attached hydrogen (secondary N) is 1. The second-order valence-corrected chi connectivity index (χ2v) is 10.3. The van der Waals surface area contributed by atoms with Crippen LogP contribution in [0, 0.1) is 0 Å². The zero-order chi connectivity index (χ0) is 25.0. The Labute approximate surface area is 205 Å². The van der Waals surface area contributed by atoms with E-state index in [4.69, 9.17) is 0 Å². The summed E-state index contributed by atoms with van der Waals surface area (Å²) in [6, 6.07) is 17.3. The Hall–Kier alpha value is -3.56. The number of aromatic nitrogens is 1. The first kappa shape index (κ1) is 24.6. The Morgan fingerprint density at radius 2 is 1.69 bits per heavy atom. The smallest absolute Gasteiger partial charge is 0.255 e. The maximum absolute atomic E-state index is 13.0. The van der Waals surface area contributed by atoms with Crippen LogP contribution >= 0.6 is 0 Å². The third-order valence-electron chi connectivity index (χ3n) is 6.13. The van der Waals surface area contributed by atoms with E-state index in [1.165, 1.54) is 35.5 Å². The van der Waals surface area contributed by atoms with Crippen molar-refractivity contribution in [1.82, 2.24) is 14.2 Å². The number of piperazine rings is 1. The molecule has 2 amide bonds. The summed E-state index contributed by atoms with van der Waals surface area (Å²) in [4.78, 5) is 30.5. The zero-order valence-corrected chi connectivity index (χ0v) is 20.6. The average Bonchev–Trinajstić information content (AvgIpc) is 2.89. The van der Waals surface area contributed by atoms with Gasteiger partial charge < -0.3 is 10.2 Å². The molecule has 1 aliphatic heterocycles. The average molecular weight is 493 g/mol. The summed E-state index contributed by atoms with van der Waals surface area (Å²) >= 11 is 0. The molecule has 1 aromatic heterocycles. The number of rotatable bonds is 6. The van der Waals surface area contributed by atoms with Crippen molar-refractivity contribution in [2.24, 2.45) is 0 Å². The van der Waals surface area contributed by atoms with Crippen molar-refractivity contribution in [1.29, 1.82) is 0 Å². The number of amides is 2. The van der Waals surface area contributed by atoms with E-state index in [-0.39, 0.29) is 29.8 Å². The molecule has 1 saturated heterocycles. The molecular formula is C26H28N4O4S. The van der Waals surface area contributed by atoms with Crippen molar-refractivity contribution in [2.75, 3.05) is 31.5 Å². The second-order valence-electron chi connectivity index (χ2n) is 8.33. The number of carbonyl (C=O) groups is 2. The SMILES string of the molecule is CCc1ccc(NC(=O)c2ccc(S(=O)(=O)N3CCN(C(C)=O)CC3)cc2)cc1-c1ccccn1. The fourth-order valence-electron chi connectivity index (χ4n) is 4.10. The molecule has 0 unspecified atom stereocenters. The predicted octanol–water partition coefficient (Wildman–Crippen LogP) is 3.42. The van der Waals surface area contributed by atoms with E-state index in [1.807, 2.05) is 36.4 Å². The summed E-state index contributed by atoms with van der Waals surface area (Å²) < 4.78 is 27.3. The first-order chi connectivity index (χ1) is 16.8. The van der Waals surface area contributed by atoms with E-state index < -0.39 is 10.0 Å². The lowest BCUT2D eigenvalue weighted by Gasteiger charge is -2.33. The lowest BCUT2D eigenvalue weighted by Crippen LogP contribution is -2.49. The van der Waals surface area contributed by atoms with E-state index in [9.17, 15) is 18.0 Å². The number of hydrogen-bond donors (Lipinski definition) is 1. The van der Waals surface area contributed by atoms with Gasteiger partial charge in [-0.2, -0.15) is 4.31 Å². The molecule has 182 valence electrons. The monoisotopic (exact) mass is 492 g/mol.